The third kappa shape index (κ3) is 5.10. The van der Waals surface area contributed by atoms with Crippen LogP contribution in [0.5, 0.6) is 5.75 Å². The summed E-state index contributed by atoms with van der Waals surface area (Å²) in [6.45, 7) is 6.38. The van der Waals surface area contributed by atoms with Gasteiger partial charge in [0.2, 0.25) is 0 Å². The molecule has 186 valence electrons. The predicted octanol–water partition coefficient (Wildman–Crippen LogP) is 5.68. The molecule has 0 radical (unpaired) electrons. The summed E-state index contributed by atoms with van der Waals surface area (Å²) in [6.07, 6.45) is 3.75. The Balaban J connectivity index is 1.44. The van der Waals surface area contributed by atoms with Crippen LogP contribution in [0.15, 0.2) is 73.1 Å². The molecule has 0 unspecified atom stereocenters. The van der Waals surface area contributed by atoms with Gasteiger partial charge in [-0.1, -0.05) is 50.2 Å². The molecule has 0 fully saturated rings. The molecule has 37 heavy (non-hydrogen) atoms. The molecule has 0 saturated carbocycles. The van der Waals surface area contributed by atoms with E-state index in [1.165, 1.54) is 5.56 Å². The molecule has 2 aromatic carbocycles. The second-order valence-electron chi connectivity index (χ2n) is 9.44. The van der Waals surface area contributed by atoms with E-state index in [4.69, 9.17) is 15.1 Å². The van der Waals surface area contributed by atoms with Crippen molar-refractivity contribution in [1.82, 2.24) is 19.7 Å². The van der Waals surface area contributed by atoms with Crippen molar-refractivity contribution in [2.45, 2.75) is 39.3 Å². The van der Waals surface area contributed by atoms with E-state index in [9.17, 15) is 4.79 Å². The first-order valence-corrected chi connectivity index (χ1v) is 12.5. The van der Waals surface area contributed by atoms with E-state index in [2.05, 4.69) is 49.2 Å². The largest absolute Gasteiger partial charge is 0.489 e. The Kier molecular flexibility index (Phi) is 7.00. The van der Waals surface area contributed by atoms with Crippen LogP contribution < -0.4 is 4.74 Å². The summed E-state index contributed by atoms with van der Waals surface area (Å²) in [5, 5.41) is 13.8. The molecule has 0 atom stereocenters. The second-order valence-corrected chi connectivity index (χ2v) is 9.44. The lowest BCUT2D eigenvalue weighted by Gasteiger charge is -2.27. The number of benzene rings is 2. The van der Waals surface area contributed by atoms with Gasteiger partial charge >= 0.3 is 0 Å². The van der Waals surface area contributed by atoms with E-state index in [1.54, 1.807) is 22.0 Å². The lowest BCUT2D eigenvalue weighted by atomic mass is 9.98. The third-order valence-electron chi connectivity index (χ3n) is 6.67. The SMILES string of the molecule is CC(C)c1ccc(COc2ccc(-c3c(-c4ccncc4)nn4c3C(=O)N(CCC#N)CC4)cc2)cc1. The van der Waals surface area contributed by atoms with Crippen LogP contribution in [-0.2, 0) is 13.2 Å². The van der Waals surface area contributed by atoms with Crippen LogP contribution >= 0.6 is 0 Å². The highest BCUT2D eigenvalue weighted by Gasteiger charge is 2.32. The number of amides is 1. The predicted molar refractivity (Wildman–Crippen MR) is 142 cm³/mol. The Morgan fingerprint density at radius 3 is 2.38 bits per heavy atom. The van der Waals surface area contributed by atoms with E-state index in [0.29, 0.717) is 44.3 Å². The Labute approximate surface area is 217 Å². The normalized spacial score (nSPS) is 12.9. The van der Waals surface area contributed by atoms with Gasteiger partial charge in [0, 0.05) is 36.6 Å². The van der Waals surface area contributed by atoms with Gasteiger partial charge < -0.3 is 9.64 Å². The smallest absolute Gasteiger partial charge is 0.272 e. The number of carbonyl (C=O) groups is 1. The quantitative estimate of drug-likeness (QED) is 0.316. The van der Waals surface area contributed by atoms with Gasteiger partial charge in [-0.15, -0.1) is 0 Å². The Morgan fingerprint density at radius 1 is 0.973 bits per heavy atom. The molecule has 0 bridgehead atoms. The van der Waals surface area contributed by atoms with Crippen molar-refractivity contribution in [3.05, 3.63) is 89.9 Å². The molecule has 2 aromatic heterocycles. The zero-order chi connectivity index (χ0) is 25.8. The van der Waals surface area contributed by atoms with Crippen LogP contribution in [-0.4, -0.2) is 38.7 Å². The minimum Gasteiger partial charge on any atom is -0.489 e. The fourth-order valence-corrected chi connectivity index (χ4v) is 4.57. The number of hydrogen-bond donors (Lipinski definition) is 0. The Morgan fingerprint density at radius 2 is 1.70 bits per heavy atom. The van der Waals surface area contributed by atoms with Crippen LogP contribution in [0.25, 0.3) is 22.4 Å². The summed E-state index contributed by atoms with van der Waals surface area (Å²) < 4.78 is 7.83. The molecule has 1 amide bonds. The monoisotopic (exact) mass is 491 g/mol. The number of fused-ring (bicyclic) bond motifs is 1. The summed E-state index contributed by atoms with van der Waals surface area (Å²) in [7, 11) is 0. The van der Waals surface area contributed by atoms with Crippen molar-refractivity contribution >= 4 is 5.91 Å². The molecule has 7 heteroatoms. The lowest BCUT2D eigenvalue weighted by molar-refractivity contribution is 0.0702. The van der Waals surface area contributed by atoms with Gasteiger partial charge in [-0.3, -0.25) is 14.5 Å². The molecule has 3 heterocycles. The fourth-order valence-electron chi connectivity index (χ4n) is 4.57. The van der Waals surface area contributed by atoms with Gasteiger partial charge in [0.15, 0.2) is 0 Å². The number of carbonyl (C=O) groups excluding carboxylic acids is 1. The van der Waals surface area contributed by atoms with Crippen molar-refractivity contribution < 1.29 is 9.53 Å². The highest BCUT2D eigenvalue weighted by molar-refractivity contribution is 6.03. The van der Waals surface area contributed by atoms with Crippen LogP contribution in [0, 0.1) is 11.3 Å². The van der Waals surface area contributed by atoms with Crippen molar-refractivity contribution in [3.8, 4) is 34.2 Å². The van der Waals surface area contributed by atoms with Gasteiger partial charge in [0.25, 0.3) is 5.91 Å². The zero-order valence-electron chi connectivity index (χ0n) is 21.1. The highest BCUT2D eigenvalue weighted by atomic mass is 16.5. The van der Waals surface area contributed by atoms with Crippen molar-refractivity contribution in [3.63, 3.8) is 0 Å². The Bertz CT molecular complexity index is 1420. The van der Waals surface area contributed by atoms with E-state index in [0.717, 1.165) is 33.7 Å². The maximum Gasteiger partial charge on any atom is 0.272 e. The highest BCUT2D eigenvalue weighted by Crippen LogP contribution is 2.37. The third-order valence-corrected chi connectivity index (χ3v) is 6.67. The van der Waals surface area contributed by atoms with E-state index in [1.807, 2.05) is 36.4 Å². The average molecular weight is 492 g/mol. The number of pyridine rings is 1. The van der Waals surface area contributed by atoms with Crippen LogP contribution in [0.3, 0.4) is 0 Å². The number of aromatic nitrogens is 3. The van der Waals surface area contributed by atoms with E-state index in [-0.39, 0.29) is 5.91 Å². The number of nitriles is 1. The summed E-state index contributed by atoms with van der Waals surface area (Å²) in [6, 6.07) is 22.2. The van der Waals surface area contributed by atoms with Crippen LogP contribution in [0.4, 0.5) is 0 Å². The molecule has 7 nitrogen and oxygen atoms in total. The number of hydrogen-bond acceptors (Lipinski definition) is 5. The number of nitrogens with zero attached hydrogens (tertiary/aromatic N) is 5. The summed E-state index contributed by atoms with van der Waals surface area (Å²) in [5.74, 6) is 1.15. The first kappa shape index (κ1) is 24.3. The molecule has 5 rings (SSSR count). The fraction of sp³-hybridized carbons (Fsp3) is 0.267. The van der Waals surface area contributed by atoms with Crippen LogP contribution in [0.1, 0.15) is 47.8 Å². The lowest BCUT2D eigenvalue weighted by Crippen LogP contribution is -2.41. The molecule has 4 aromatic rings. The standard InChI is InChI=1S/C30H29N5O2/c1-21(2)23-6-4-22(5-7-23)20-37-26-10-8-24(9-11-26)27-28(25-12-15-32-16-13-25)33-35-19-18-34(17-3-14-31)30(36)29(27)35/h4-13,15-16,21H,3,17-20H2,1-2H3. The molecular weight excluding hydrogens is 462 g/mol. The molecule has 0 aliphatic carbocycles. The molecule has 0 N–H and O–H groups in total. The summed E-state index contributed by atoms with van der Waals surface area (Å²) in [5.41, 5.74) is 6.28. The molecule has 1 aliphatic rings. The van der Waals surface area contributed by atoms with Gasteiger partial charge in [-0.2, -0.15) is 10.4 Å². The zero-order valence-corrected chi connectivity index (χ0v) is 21.1. The van der Waals surface area contributed by atoms with E-state index < -0.39 is 0 Å². The van der Waals surface area contributed by atoms with Gasteiger partial charge in [0.05, 0.1) is 19.0 Å². The maximum absolute atomic E-state index is 13.5. The van der Waals surface area contributed by atoms with Crippen molar-refractivity contribution in [1.29, 1.82) is 5.26 Å². The minimum absolute atomic E-state index is 0.102. The average Bonchev–Trinajstić information content (AvgIpc) is 3.33. The minimum atomic E-state index is -0.102. The second kappa shape index (κ2) is 10.7. The molecule has 1 aliphatic heterocycles. The molecule has 0 saturated heterocycles. The summed E-state index contributed by atoms with van der Waals surface area (Å²) in [4.78, 5) is 19.3. The van der Waals surface area contributed by atoms with E-state index >= 15 is 0 Å². The van der Waals surface area contributed by atoms with Crippen molar-refractivity contribution in [2.24, 2.45) is 0 Å². The number of ether oxygens (including phenoxy) is 1. The first-order chi connectivity index (χ1) is 18.0. The van der Waals surface area contributed by atoms with Crippen LogP contribution in [0.2, 0.25) is 0 Å². The molecular formula is C30H29N5O2. The maximum atomic E-state index is 13.5. The van der Waals surface area contributed by atoms with Gasteiger partial charge in [-0.05, 0) is 46.9 Å². The number of rotatable bonds is 8. The topological polar surface area (TPSA) is 84.0 Å². The Hall–Kier alpha value is -4.44. The van der Waals surface area contributed by atoms with Crippen molar-refractivity contribution in [2.75, 3.05) is 13.1 Å². The molecule has 0 spiro atoms. The summed E-state index contributed by atoms with van der Waals surface area (Å²) >= 11 is 0. The first-order valence-electron chi connectivity index (χ1n) is 12.5. The van der Waals surface area contributed by atoms with Gasteiger partial charge in [-0.25, -0.2) is 0 Å². The van der Waals surface area contributed by atoms with Gasteiger partial charge in [0.1, 0.15) is 23.7 Å².